The highest BCUT2D eigenvalue weighted by atomic mass is 19.4. The van der Waals surface area contributed by atoms with Crippen molar-refractivity contribution < 1.29 is 32.1 Å². The molecule has 0 spiro atoms. The number of ether oxygens (including phenoxy) is 4. The average molecular weight is 525 g/mol. The van der Waals surface area contributed by atoms with Gasteiger partial charge in [-0.05, 0) is 73.8 Å². The van der Waals surface area contributed by atoms with E-state index in [1.807, 2.05) is 30.3 Å². The summed E-state index contributed by atoms with van der Waals surface area (Å²) in [7, 11) is 4.88. The summed E-state index contributed by atoms with van der Waals surface area (Å²) in [6, 6.07) is 14.2. The second-order valence-electron chi connectivity index (χ2n) is 9.55. The Morgan fingerprint density at radius 1 is 1.08 bits per heavy atom. The Hall–Kier alpha value is -2.33. The van der Waals surface area contributed by atoms with E-state index in [0.29, 0.717) is 24.3 Å². The maximum Gasteiger partial charge on any atom is 0.573 e. The van der Waals surface area contributed by atoms with E-state index in [-0.39, 0.29) is 17.8 Å². The van der Waals surface area contributed by atoms with Crippen molar-refractivity contribution in [3.63, 3.8) is 0 Å². The van der Waals surface area contributed by atoms with Crippen LogP contribution in [0, 0.1) is 5.92 Å². The van der Waals surface area contributed by atoms with Crippen LogP contribution in [-0.2, 0) is 21.6 Å². The van der Waals surface area contributed by atoms with Gasteiger partial charge in [0.15, 0.2) is 0 Å². The van der Waals surface area contributed by atoms with Gasteiger partial charge in [-0.2, -0.15) is 0 Å². The van der Waals surface area contributed by atoms with Crippen LogP contribution in [-0.4, -0.2) is 58.4 Å². The first-order chi connectivity index (χ1) is 17.7. The smallest absolute Gasteiger partial charge is 0.496 e. The number of methoxy groups -OCH3 is 3. The summed E-state index contributed by atoms with van der Waals surface area (Å²) in [4.78, 5) is 2.33. The van der Waals surface area contributed by atoms with Crippen molar-refractivity contribution in [1.82, 2.24) is 4.90 Å². The number of nitrogens with two attached hydrogens (primary N) is 1. The quantitative estimate of drug-likeness (QED) is 0.350. The van der Waals surface area contributed by atoms with E-state index < -0.39 is 12.0 Å². The minimum absolute atomic E-state index is 0.0427. The molecule has 1 heterocycles. The van der Waals surface area contributed by atoms with Crippen LogP contribution in [0.1, 0.15) is 43.2 Å². The number of hydrogen-bond donors (Lipinski definition) is 1. The second-order valence-corrected chi connectivity index (χ2v) is 9.55. The molecule has 2 aromatic carbocycles. The first-order valence-corrected chi connectivity index (χ1v) is 12.7. The van der Waals surface area contributed by atoms with Gasteiger partial charge in [0.1, 0.15) is 11.5 Å². The Labute approximate surface area is 217 Å². The molecule has 2 aromatic rings. The largest absolute Gasteiger partial charge is 0.573 e. The predicted octanol–water partition coefficient (Wildman–Crippen LogP) is 5.49. The first-order valence-electron chi connectivity index (χ1n) is 12.7. The zero-order valence-corrected chi connectivity index (χ0v) is 21.9. The minimum atomic E-state index is -4.76. The third kappa shape index (κ3) is 7.83. The van der Waals surface area contributed by atoms with E-state index in [1.165, 1.54) is 25.3 Å². The topological polar surface area (TPSA) is 66.2 Å². The monoisotopic (exact) mass is 524 g/mol. The van der Waals surface area contributed by atoms with E-state index in [9.17, 15) is 13.2 Å². The summed E-state index contributed by atoms with van der Waals surface area (Å²) in [5.74, 6) is 0.215. The second kappa shape index (κ2) is 13.5. The number of hydrogen-bond acceptors (Lipinski definition) is 6. The van der Waals surface area contributed by atoms with Crippen LogP contribution in [0.4, 0.5) is 13.2 Å². The van der Waals surface area contributed by atoms with Crippen molar-refractivity contribution in [2.24, 2.45) is 11.7 Å². The average Bonchev–Trinajstić information content (AvgIpc) is 2.87. The Bertz CT molecular complexity index is 960. The molecule has 1 aliphatic rings. The number of nitrogens with zero attached hydrogens (tertiary/aromatic N) is 1. The molecule has 0 bridgehead atoms. The summed E-state index contributed by atoms with van der Waals surface area (Å²) >= 11 is 0. The van der Waals surface area contributed by atoms with E-state index in [2.05, 4.69) is 9.64 Å². The van der Waals surface area contributed by atoms with Crippen LogP contribution >= 0.6 is 0 Å². The normalized spacial score (nSPS) is 21.5. The van der Waals surface area contributed by atoms with Crippen LogP contribution in [0.5, 0.6) is 11.5 Å². The van der Waals surface area contributed by atoms with Gasteiger partial charge in [-0.3, -0.25) is 4.90 Å². The zero-order chi connectivity index (χ0) is 26.9. The van der Waals surface area contributed by atoms with E-state index in [4.69, 9.17) is 19.9 Å². The maximum absolute atomic E-state index is 12.9. The number of likely N-dealkylation sites (tertiary alicyclic amines) is 1. The maximum atomic E-state index is 12.9. The fourth-order valence-electron chi connectivity index (χ4n) is 5.38. The van der Waals surface area contributed by atoms with Gasteiger partial charge in [0.05, 0.1) is 25.5 Å². The molecule has 0 saturated carbocycles. The van der Waals surface area contributed by atoms with Gasteiger partial charge in [0.25, 0.3) is 0 Å². The lowest BCUT2D eigenvalue weighted by molar-refractivity contribution is -0.274. The lowest BCUT2D eigenvalue weighted by Crippen LogP contribution is -2.61. The Kier molecular flexibility index (Phi) is 10.6. The third-order valence-electron chi connectivity index (χ3n) is 7.20. The van der Waals surface area contributed by atoms with Crippen molar-refractivity contribution in [2.75, 3.05) is 41.0 Å². The van der Waals surface area contributed by atoms with Gasteiger partial charge in [-0.15, -0.1) is 13.2 Å². The van der Waals surface area contributed by atoms with Crippen molar-refractivity contribution in [3.8, 4) is 11.5 Å². The van der Waals surface area contributed by atoms with Crippen molar-refractivity contribution in [1.29, 1.82) is 0 Å². The van der Waals surface area contributed by atoms with Crippen molar-refractivity contribution >= 4 is 0 Å². The Balaban J connectivity index is 1.84. The summed E-state index contributed by atoms with van der Waals surface area (Å²) < 4.78 is 59.0. The minimum Gasteiger partial charge on any atom is -0.496 e. The molecule has 37 heavy (non-hydrogen) atoms. The van der Waals surface area contributed by atoms with Crippen LogP contribution in [0.25, 0.3) is 0 Å². The fourth-order valence-corrected chi connectivity index (χ4v) is 5.38. The lowest BCUT2D eigenvalue weighted by atomic mass is 9.75. The number of alkyl halides is 3. The molecule has 3 rings (SSSR count). The molecule has 1 aliphatic heterocycles. The molecule has 206 valence electrons. The third-order valence-corrected chi connectivity index (χ3v) is 7.20. The molecule has 6 nitrogen and oxygen atoms in total. The highest BCUT2D eigenvalue weighted by molar-refractivity contribution is 5.41. The van der Waals surface area contributed by atoms with Crippen LogP contribution in [0.2, 0.25) is 0 Å². The highest BCUT2D eigenvalue weighted by Crippen LogP contribution is 2.42. The van der Waals surface area contributed by atoms with Gasteiger partial charge >= 0.3 is 6.36 Å². The summed E-state index contributed by atoms with van der Waals surface area (Å²) in [5.41, 5.74) is 8.15. The molecule has 0 amide bonds. The Morgan fingerprint density at radius 3 is 2.49 bits per heavy atom. The summed E-state index contributed by atoms with van der Waals surface area (Å²) in [5, 5.41) is 0. The first kappa shape index (κ1) is 29.2. The van der Waals surface area contributed by atoms with Gasteiger partial charge < -0.3 is 24.7 Å². The van der Waals surface area contributed by atoms with Gasteiger partial charge in [-0.1, -0.05) is 30.3 Å². The Morgan fingerprint density at radius 2 is 1.84 bits per heavy atom. The molecule has 1 saturated heterocycles. The van der Waals surface area contributed by atoms with E-state index in [0.717, 1.165) is 50.8 Å². The molecule has 3 atom stereocenters. The number of unbranched alkanes of at least 4 members (excludes halogenated alkanes) is 1. The molecule has 0 aromatic heterocycles. The number of piperidine rings is 1. The van der Waals surface area contributed by atoms with Gasteiger partial charge in [-0.25, -0.2) is 0 Å². The molecular weight excluding hydrogens is 485 g/mol. The van der Waals surface area contributed by atoms with Crippen LogP contribution in [0.15, 0.2) is 48.5 Å². The van der Waals surface area contributed by atoms with Crippen LogP contribution < -0.4 is 15.2 Å². The van der Waals surface area contributed by atoms with Crippen LogP contribution in [0.3, 0.4) is 0 Å². The van der Waals surface area contributed by atoms with Crippen molar-refractivity contribution in [2.45, 2.75) is 56.7 Å². The standard InChI is InChI=1S/C28H39F3N2O4/c1-34-20-25(35-2)13-7-8-16-33-17-9-12-23(27(33,32)22-10-5-4-6-11-22)18-21-19-24(37-28(29,30)31)14-15-26(21)36-3/h4-6,10-11,14-15,19,23,25H,7-9,12-13,16-18,20,32H2,1-3H3/t23-,25?,27+/m0/s1. The fraction of sp³-hybridized carbons (Fsp3) is 0.571. The molecular formula is C28H39F3N2O4. The molecule has 0 aliphatic carbocycles. The molecule has 1 unspecified atom stereocenters. The molecule has 0 radical (unpaired) electrons. The number of halogens is 3. The SMILES string of the molecule is COCC(CCCCN1CCC[C@@H](Cc2cc(OC(F)(F)F)ccc2OC)[C@@]1(N)c1ccccc1)OC. The summed E-state index contributed by atoms with van der Waals surface area (Å²) in [6.07, 6.45) is 0.359. The van der Waals surface area contributed by atoms with Crippen molar-refractivity contribution in [3.05, 3.63) is 59.7 Å². The van der Waals surface area contributed by atoms with Gasteiger partial charge in [0.2, 0.25) is 0 Å². The summed E-state index contributed by atoms with van der Waals surface area (Å²) in [6.45, 7) is 2.22. The highest BCUT2D eigenvalue weighted by Gasteiger charge is 2.44. The molecule has 9 heteroatoms. The van der Waals surface area contributed by atoms with E-state index in [1.54, 1.807) is 14.2 Å². The predicted molar refractivity (Wildman–Crippen MR) is 137 cm³/mol. The zero-order valence-electron chi connectivity index (χ0n) is 21.9. The molecule has 1 fully saturated rings. The van der Waals surface area contributed by atoms with E-state index >= 15 is 0 Å². The van der Waals surface area contributed by atoms with Gasteiger partial charge in [0, 0.05) is 27.3 Å². The number of benzene rings is 2. The molecule has 2 N–H and O–H groups in total. The lowest BCUT2D eigenvalue weighted by Gasteiger charge is -2.50. The number of rotatable bonds is 13.